The van der Waals surface area contributed by atoms with Crippen LogP contribution in [0, 0.1) is 6.57 Å². The summed E-state index contributed by atoms with van der Waals surface area (Å²) >= 11 is 11.7. The van der Waals surface area contributed by atoms with Crippen molar-refractivity contribution < 1.29 is 5.10 Å². The Kier molecular flexibility index (Phi) is 6.03. The Morgan fingerprint density at radius 3 is 2.53 bits per heavy atom. The van der Waals surface area contributed by atoms with Gasteiger partial charge in [0.1, 0.15) is 0 Å². The van der Waals surface area contributed by atoms with Crippen molar-refractivity contribution in [3.63, 3.8) is 0 Å². The molecule has 0 aliphatic carbocycles. The highest BCUT2D eigenvalue weighted by atomic mass is 35.5. The molecule has 0 aliphatic rings. The van der Waals surface area contributed by atoms with Crippen molar-refractivity contribution in [3.05, 3.63) is 45.2 Å². The van der Waals surface area contributed by atoms with Gasteiger partial charge >= 0.3 is 11.8 Å². The van der Waals surface area contributed by atoms with Crippen LogP contribution >= 0.6 is 23.2 Å². The van der Waals surface area contributed by atoms with Crippen LogP contribution in [0.15, 0.2) is 23.3 Å². The molecule has 0 atom stereocenters. The first-order chi connectivity index (χ1) is 7.56. The quantitative estimate of drug-likeness (QED) is 0.318. The number of nitrogens with two attached hydrogens (primary N) is 2. The third-order valence-electron chi connectivity index (χ3n) is 1.59. The van der Waals surface area contributed by atoms with Crippen LogP contribution in [0.4, 0.5) is 0 Å². The van der Waals surface area contributed by atoms with E-state index in [0.717, 1.165) is 0 Å². The van der Waals surface area contributed by atoms with Crippen molar-refractivity contribution in [2.45, 2.75) is 7.43 Å². The van der Waals surface area contributed by atoms with Gasteiger partial charge in [-0.1, -0.05) is 54.4 Å². The second-order valence-corrected chi connectivity index (χ2v) is 3.50. The Morgan fingerprint density at radius 1 is 1.35 bits per heavy atom. The minimum absolute atomic E-state index is 0. The molecular formula is C10H12Cl2N5+. The lowest BCUT2D eigenvalue weighted by atomic mass is 10.2. The van der Waals surface area contributed by atoms with Crippen molar-refractivity contribution in [1.29, 1.82) is 0 Å². The van der Waals surface area contributed by atoms with Crippen LogP contribution in [0.3, 0.4) is 0 Å². The molecule has 0 amide bonds. The number of nitrogens with one attached hydrogen (secondary N) is 1. The van der Waals surface area contributed by atoms with Crippen molar-refractivity contribution in [2.24, 2.45) is 16.6 Å². The predicted molar refractivity (Wildman–Crippen MR) is 70.7 cm³/mol. The number of nitrogens with zero attached hydrogens (tertiary/aromatic N) is 2. The van der Waals surface area contributed by atoms with Crippen molar-refractivity contribution in [2.75, 3.05) is 0 Å². The van der Waals surface area contributed by atoms with E-state index < -0.39 is 0 Å². The number of halogens is 2. The molecule has 1 aromatic rings. The van der Waals surface area contributed by atoms with E-state index in [1.807, 2.05) is 0 Å². The molecule has 0 unspecified atom stereocenters. The number of hydrazone groups is 1. The minimum atomic E-state index is -0.112. The molecule has 7 heteroatoms. The van der Waals surface area contributed by atoms with Gasteiger partial charge in [0.2, 0.25) is 0 Å². The fraction of sp³-hybridized carbons (Fsp3) is 0.100. The topological polar surface area (TPSA) is 82.7 Å². The third-order valence-corrected chi connectivity index (χ3v) is 2.41. The average molecular weight is 273 g/mol. The summed E-state index contributed by atoms with van der Waals surface area (Å²) < 4.78 is 0. The molecule has 0 spiro atoms. The summed E-state index contributed by atoms with van der Waals surface area (Å²) in [6.45, 7) is 6.97. The predicted octanol–water partition coefficient (Wildman–Crippen LogP) is 0.564. The van der Waals surface area contributed by atoms with E-state index in [0.29, 0.717) is 10.6 Å². The highest BCUT2D eigenvalue weighted by Crippen LogP contribution is 2.26. The van der Waals surface area contributed by atoms with Crippen LogP contribution < -0.4 is 16.6 Å². The molecule has 0 bridgehead atoms. The average Bonchev–Trinajstić information content (AvgIpc) is 2.24. The number of amidine groups is 1. The minimum Gasteiger partial charge on any atom is -0.357 e. The lowest BCUT2D eigenvalue weighted by Gasteiger charge is -2.01. The normalized spacial score (nSPS) is 10.1. The van der Waals surface area contributed by atoms with Gasteiger partial charge in [-0.2, -0.15) is 0 Å². The van der Waals surface area contributed by atoms with Crippen LogP contribution in [0.25, 0.3) is 4.85 Å². The van der Waals surface area contributed by atoms with Gasteiger partial charge < -0.3 is 4.85 Å². The molecule has 5 nitrogen and oxygen atoms in total. The van der Waals surface area contributed by atoms with Crippen LogP contribution in [0.2, 0.25) is 10.0 Å². The highest BCUT2D eigenvalue weighted by molar-refractivity contribution is 6.44. The third kappa shape index (κ3) is 3.94. The zero-order chi connectivity index (χ0) is 12.1. The highest BCUT2D eigenvalue weighted by Gasteiger charge is 2.11. The summed E-state index contributed by atoms with van der Waals surface area (Å²) in [6.07, 6.45) is 0. The Labute approximate surface area is 110 Å². The zero-order valence-electron chi connectivity index (χ0n) is 8.04. The fourth-order valence-corrected chi connectivity index (χ4v) is 1.32. The van der Waals surface area contributed by atoms with E-state index in [4.69, 9.17) is 41.2 Å². The van der Waals surface area contributed by atoms with Crippen molar-refractivity contribution in [1.82, 2.24) is 0 Å². The lowest BCUT2D eigenvalue weighted by molar-refractivity contribution is -0.464. The van der Waals surface area contributed by atoms with E-state index in [1.165, 1.54) is 0 Å². The van der Waals surface area contributed by atoms with E-state index in [-0.39, 0.29) is 24.2 Å². The molecule has 0 saturated carbocycles. The van der Waals surface area contributed by atoms with Gasteiger partial charge in [0.25, 0.3) is 0 Å². The van der Waals surface area contributed by atoms with Gasteiger partial charge in [-0.3, -0.25) is 11.5 Å². The van der Waals surface area contributed by atoms with Crippen LogP contribution in [0.1, 0.15) is 13.0 Å². The Balaban J connectivity index is 0.00000256. The van der Waals surface area contributed by atoms with Gasteiger partial charge in [-0.25, -0.2) is 0 Å². The van der Waals surface area contributed by atoms with E-state index in [1.54, 1.807) is 18.2 Å². The monoisotopic (exact) mass is 272 g/mol. The van der Waals surface area contributed by atoms with Crippen molar-refractivity contribution >= 4 is 35.0 Å². The number of hydrogen-bond acceptors (Lipinski definition) is 1. The Morgan fingerprint density at radius 2 is 2.00 bits per heavy atom. The maximum absolute atomic E-state index is 6.97. The van der Waals surface area contributed by atoms with Gasteiger partial charge in [0.15, 0.2) is 0 Å². The zero-order valence-corrected chi connectivity index (χ0v) is 9.55. The van der Waals surface area contributed by atoms with Crippen LogP contribution in [-0.2, 0) is 0 Å². The van der Waals surface area contributed by atoms with E-state index >= 15 is 0 Å². The van der Waals surface area contributed by atoms with Gasteiger partial charge in [0, 0.05) is 10.7 Å². The maximum Gasteiger partial charge on any atom is 0.380 e. The molecule has 0 aromatic heterocycles. The molecule has 1 rings (SSSR count). The molecule has 17 heavy (non-hydrogen) atoms. The van der Waals surface area contributed by atoms with E-state index in [2.05, 4.69) is 15.0 Å². The second-order valence-electron chi connectivity index (χ2n) is 2.72. The summed E-state index contributed by atoms with van der Waals surface area (Å²) in [5.41, 5.74) is 10.7. The molecule has 0 aliphatic heterocycles. The fourth-order valence-electron chi connectivity index (χ4n) is 0.939. The number of guanidine groups is 1. The van der Waals surface area contributed by atoms with Crippen LogP contribution in [-0.4, -0.2) is 11.8 Å². The SMILES string of the molecule is C.[C-]#[N+]/C(=N\[NH+]=C(N)N)c1cccc(Cl)c1Cl. The first kappa shape index (κ1) is 15.2. The molecule has 0 heterocycles. The number of hydrogen-bond donors (Lipinski definition) is 3. The molecule has 1 aromatic carbocycles. The Bertz CT molecular complexity index is 498. The number of rotatable bonds is 2. The molecule has 5 N–H and O–H groups in total. The number of benzene rings is 1. The lowest BCUT2D eigenvalue weighted by Crippen LogP contribution is -2.72. The molecule has 0 saturated heterocycles. The Hall–Kier alpha value is -1.77. The smallest absolute Gasteiger partial charge is 0.357 e. The molecule has 0 radical (unpaired) electrons. The summed E-state index contributed by atoms with van der Waals surface area (Å²) in [7, 11) is 0. The molecule has 0 fully saturated rings. The summed E-state index contributed by atoms with van der Waals surface area (Å²) in [5, 5.41) is 6.59. The summed E-state index contributed by atoms with van der Waals surface area (Å²) in [6, 6.07) is 4.91. The maximum atomic E-state index is 6.97. The van der Waals surface area contributed by atoms with Crippen molar-refractivity contribution in [3.8, 4) is 0 Å². The van der Waals surface area contributed by atoms with Crippen LogP contribution in [0.5, 0.6) is 0 Å². The van der Waals surface area contributed by atoms with Gasteiger partial charge in [0.05, 0.1) is 10.0 Å². The molecular weight excluding hydrogens is 261 g/mol. The largest absolute Gasteiger partial charge is 0.380 e. The van der Waals surface area contributed by atoms with E-state index in [9.17, 15) is 0 Å². The second kappa shape index (κ2) is 6.74. The first-order valence-electron chi connectivity index (χ1n) is 4.09. The summed E-state index contributed by atoms with van der Waals surface area (Å²) in [5.74, 6) is -0.0831. The molecule has 90 valence electrons. The van der Waals surface area contributed by atoms with Gasteiger partial charge in [-0.15, -0.1) is 0 Å². The standard InChI is InChI=1S/C9H7Cl2N5.CH4/c1-14-8(15-16-9(12)13)5-3-2-4-6(10)7(5)11;/h2-4H,(H4,12,13,16);1H4/p+1/b15-8-;. The first-order valence-corrected chi connectivity index (χ1v) is 4.85. The van der Waals surface area contributed by atoms with Gasteiger partial charge in [-0.05, 0) is 6.07 Å². The summed E-state index contributed by atoms with van der Waals surface area (Å²) in [4.78, 5) is 3.20.